The standard InChI is InChI=1S/C18H34N2O3/c1-6-16(14(2)3)23-13-18-9-7-11-20(18)15(8-10-18)12-22-17(21)19(4)5/h14-16H,6-13H2,1-5H3/t15-,16?,18+/m1/s1. The van der Waals surface area contributed by atoms with Gasteiger partial charge in [0, 0.05) is 25.7 Å². The molecular formula is C18H34N2O3. The normalized spacial score (nSPS) is 28.9. The van der Waals surface area contributed by atoms with Crippen LogP contribution in [-0.4, -0.2) is 67.4 Å². The van der Waals surface area contributed by atoms with Crippen molar-refractivity contribution in [2.45, 2.75) is 70.6 Å². The Morgan fingerprint density at radius 2 is 2.09 bits per heavy atom. The predicted octanol–water partition coefficient (Wildman–Crippen LogP) is 3.13. The number of hydrogen-bond donors (Lipinski definition) is 0. The lowest BCUT2D eigenvalue weighted by Crippen LogP contribution is -2.48. The van der Waals surface area contributed by atoms with Gasteiger partial charge in [-0.05, 0) is 44.6 Å². The number of nitrogens with zero attached hydrogens (tertiary/aromatic N) is 2. The molecule has 5 nitrogen and oxygen atoms in total. The molecule has 0 saturated carbocycles. The summed E-state index contributed by atoms with van der Waals surface area (Å²) in [4.78, 5) is 15.7. The summed E-state index contributed by atoms with van der Waals surface area (Å²) < 4.78 is 11.7. The fourth-order valence-corrected chi connectivity index (χ4v) is 4.13. The Kier molecular flexibility index (Phi) is 6.32. The molecule has 1 unspecified atom stereocenters. The van der Waals surface area contributed by atoms with Crippen molar-refractivity contribution in [3.63, 3.8) is 0 Å². The van der Waals surface area contributed by atoms with Crippen LogP contribution >= 0.6 is 0 Å². The van der Waals surface area contributed by atoms with Crippen LogP contribution in [0.3, 0.4) is 0 Å². The number of amides is 1. The van der Waals surface area contributed by atoms with Gasteiger partial charge in [0.05, 0.1) is 12.7 Å². The van der Waals surface area contributed by atoms with Crippen molar-refractivity contribution >= 4 is 6.09 Å². The van der Waals surface area contributed by atoms with Gasteiger partial charge in [0.1, 0.15) is 6.61 Å². The highest BCUT2D eigenvalue weighted by atomic mass is 16.6. The monoisotopic (exact) mass is 326 g/mol. The number of ether oxygens (including phenoxy) is 2. The number of carbonyl (C=O) groups excluding carboxylic acids is 1. The van der Waals surface area contributed by atoms with E-state index in [0.717, 1.165) is 32.4 Å². The van der Waals surface area contributed by atoms with Gasteiger partial charge < -0.3 is 14.4 Å². The van der Waals surface area contributed by atoms with Crippen LogP contribution in [0.25, 0.3) is 0 Å². The molecule has 0 spiro atoms. The zero-order valence-corrected chi connectivity index (χ0v) is 15.5. The maximum Gasteiger partial charge on any atom is 0.409 e. The van der Waals surface area contributed by atoms with E-state index < -0.39 is 0 Å². The zero-order chi connectivity index (χ0) is 17.0. The first-order chi connectivity index (χ1) is 10.9. The molecule has 2 aliphatic heterocycles. The van der Waals surface area contributed by atoms with E-state index in [0.29, 0.717) is 24.7 Å². The maximum atomic E-state index is 11.7. The molecule has 0 bridgehead atoms. The molecule has 2 heterocycles. The fourth-order valence-electron chi connectivity index (χ4n) is 4.13. The second-order valence-electron chi connectivity index (χ2n) is 7.69. The average Bonchev–Trinajstić information content (AvgIpc) is 3.04. The van der Waals surface area contributed by atoms with Crippen molar-refractivity contribution in [3.8, 4) is 0 Å². The molecule has 2 saturated heterocycles. The number of rotatable bonds is 7. The summed E-state index contributed by atoms with van der Waals surface area (Å²) in [7, 11) is 3.45. The Bertz CT molecular complexity index is 400. The number of fused-ring (bicyclic) bond motifs is 1. The van der Waals surface area contributed by atoms with Crippen molar-refractivity contribution in [1.29, 1.82) is 0 Å². The molecule has 1 amide bonds. The summed E-state index contributed by atoms with van der Waals surface area (Å²) in [5.41, 5.74) is 0.178. The van der Waals surface area contributed by atoms with Crippen molar-refractivity contribution in [2.75, 3.05) is 33.9 Å². The van der Waals surface area contributed by atoms with Crippen LogP contribution in [0.1, 0.15) is 52.9 Å². The van der Waals surface area contributed by atoms with E-state index in [1.54, 1.807) is 14.1 Å². The fraction of sp³-hybridized carbons (Fsp3) is 0.944. The largest absolute Gasteiger partial charge is 0.448 e. The SMILES string of the molecule is CCC(OC[C@@]12CCCN1[C@@H](COC(=O)N(C)C)CC2)C(C)C. The van der Waals surface area contributed by atoms with Crippen molar-refractivity contribution < 1.29 is 14.3 Å². The predicted molar refractivity (Wildman–Crippen MR) is 91.6 cm³/mol. The highest BCUT2D eigenvalue weighted by molar-refractivity contribution is 5.66. The van der Waals surface area contributed by atoms with Crippen LogP contribution in [0.2, 0.25) is 0 Å². The Hall–Kier alpha value is -0.810. The minimum Gasteiger partial charge on any atom is -0.448 e. The van der Waals surface area contributed by atoms with E-state index in [9.17, 15) is 4.79 Å². The molecule has 23 heavy (non-hydrogen) atoms. The molecule has 0 N–H and O–H groups in total. The highest BCUT2D eigenvalue weighted by Gasteiger charge is 2.49. The smallest absolute Gasteiger partial charge is 0.409 e. The summed E-state index contributed by atoms with van der Waals surface area (Å²) in [6, 6.07) is 0.351. The van der Waals surface area contributed by atoms with E-state index in [2.05, 4.69) is 25.7 Å². The van der Waals surface area contributed by atoms with Gasteiger partial charge in [-0.15, -0.1) is 0 Å². The van der Waals surface area contributed by atoms with Gasteiger partial charge >= 0.3 is 6.09 Å². The minimum atomic E-state index is -0.246. The zero-order valence-electron chi connectivity index (χ0n) is 15.5. The van der Waals surface area contributed by atoms with Gasteiger partial charge in [-0.2, -0.15) is 0 Å². The Balaban J connectivity index is 1.91. The van der Waals surface area contributed by atoms with Gasteiger partial charge in [0.25, 0.3) is 0 Å². The van der Waals surface area contributed by atoms with Crippen molar-refractivity contribution in [2.24, 2.45) is 5.92 Å². The Morgan fingerprint density at radius 3 is 2.70 bits per heavy atom. The number of carbonyl (C=O) groups is 1. The molecule has 5 heteroatoms. The maximum absolute atomic E-state index is 11.7. The topological polar surface area (TPSA) is 42.0 Å². The van der Waals surface area contributed by atoms with Crippen LogP contribution in [0.5, 0.6) is 0 Å². The van der Waals surface area contributed by atoms with Crippen LogP contribution in [-0.2, 0) is 9.47 Å². The summed E-state index contributed by atoms with van der Waals surface area (Å²) in [6.07, 6.45) is 5.85. The van der Waals surface area contributed by atoms with Gasteiger partial charge in [0.2, 0.25) is 0 Å². The van der Waals surface area contributed by atoms with E-state index >= 15 is 0 Å². The first kappa shape index (κ1) is 18.5. The summed E-state index contributed by atoms with van der Waals surface area (Å²) in [5, 5.41) is 0. The lowest BCUT2D eigenvalue weighted by atomic mass is 9.94. The van der Waals surface area contributed by atoms with E-state index in [-0.39, 0.29) is 11.6 Å². The summed E-state index contributed by atoms with van der Waals surface area (Å²) in [5.74, 6) is 0.560. The third kappa shape index (κ3) is 4.18. The molecule has 2 fully saturated rings. The van der Waals surface area contributed by atoms with Crippen LogP contribution in [0.4, 0.5) is 4.79 Å². The molecule has 0 radical (unpaired) electrons. The molecule has 0 aromatic heterocycles. The molecule has 3 atom stereocenters. The molecule has 0 aliphatic carbocycles. The molecule has 2 aliphatic rings. The molecule has 0 aromatic carbocycles. The van der Waals surface area contributed by atoms with Crippen LogP contribution in [0.15, 0.2) is 0 Å². The number of hydrogen-bond acceptors (Lipinski definition) is 4. The third-order valence-electron chi connectivity index (χ3n) is 5.51. The average molecular weight is 326 g/mol. The molecule has 0 aromatic rings. The Labute approximate surface area is 141 Å². The van der Waals surface area contributed by atoms with Gasteiger partial charge in [-0.25, -0.2) is 4.79 Å². The summed E-state index contributed by atoms with van der Waals surface area (Å²) >= 11 is 0. The lowest BCUT2D eigenvalue weighted by molar-refractivity contribution is -0.0420. The first-order valence-electron chi connectivity index (χ1n) is 9.12. The van der Waals surface area contributed by atoms with Gasteiger partial charge in [-0.3, -0.25) is 4.90 Å². The summed E-state index contributed by atoms with van der Waals surface area (Å²) in [6.45, 7) is 9.09. The quantitative estimate of drug-likeness (QED) is 0.721. The van der Waals surface area contributed by atoms with Gasteiger partial charge in [-0.1, -0.05) is 20.8 Å². The van der Waals surface area contributed by atoms with E-state index in [4.69, 9.17) is 9.47 Å². The van der Waals surface area contributed by atoms with Crippen LogP contribution < -0.4 is 0 Å². The van der Waals surface area contributed by atoms with Gasteiger partial charge in [0.15, 0.2) is 0 Å². The minimum absolute atomic E-state index is 0.178. The Morgan fingerprint density at radius 1 is 1.35 bits per heavy atom. The second kappa shape index (κ2) is 7.84. The van der Waals surface area contributed by atoms with Crippen LogP contribution in [0, 0.1) is 5.92 Å². The van der Waals surface area contributed by atoms with Crippen molar-refractivity contribution in [3.05, 3.63) is 0 Å². The molecular weight excluding hydrogens is 292 g/mol. The lowest BCUT2D eigenvalue weighted by Gasteiger charge is -2.36. The third-order valence-corrected chi connectivity index (χ3v) is 5.51. The van der Waals surface area contributed by atoms with E-state index in [1.807, 2.05) is 0 Å². The van der Waals surface area contributed by atoms with E-state index in [1.165, 1.54) is 17.7 Å². The van der Waals surface area contributed by atoms with Crippen molar-refractivity contribution in [1.82, 2.24) is 9.80 Å². The highest BCUT2D eigenvalue weighted by Crippen LogP contribution is 2.43. The molecule has 2 rings (SSSR count). The first-order valence-corrected chi connectivity index (χ1v) is 9.12. The molecule has 134 valence electrons. The second-order valence-corrected chi connectivity index (χ2v) is 7.69.